The first kappa shape index (κ1) is 14.7. The molecule has 2 aromatic rings. The summed E-state index contributed by atoms with van der Waals surface area (Å²) in [5, 5.41) is 23.0. The summed E-state index contributed by atoms with van der Waals surface area (Å²) in [6.45, 7) is 1.47. The molecule has 9 heteroatoms. The largest absolute Gasteiger partial charge is 0.368 e. The molecule has 8 nitrogen and oxygen atoms in total. The molecule has 0 atom stereocenters. The first-order valence-corrected chi connectivity index (χ1v) is 6.47. The second-order valence-electron chi connectivity index (χ2n) is 4.05. The van der Waals surface area contributed by atoms with E-state index in [0.717, 1.165) is 0 Å². The minimum absolute atomic E-state index is 0.0559. The number of anilines is 3. The lowest BCUT2D eigenvalue weighted by Crippen LogP contribution is -2.07. The summed E-state index contributed by atoms with van der Waals surface area (Å²) in [4.78, 5) is 18.2. The van der Waals surface area contributed by atoms with Crippen LogP contribution in [0.4, 0.5) is 23.1 Å². The lowest BCUT2D eigenvalue weighted by Gasteiger charge is -2.09. The average molecular weight is 349 g/mol. The maximum Gasteiger partial charge on any atom is 0.332 e. The third-order valence-corrected chi connectivity index (χ3v) is 3.11. The number of aryl methyl sites for hydroxylation is 1. The minimum Gasteiger partial charge on any atom is -0.368 e. The van der Waals surface area contributed by atoms with Gasteiger partial charge < -0.3 is 11.1 Å². The van der Waals surface area contributed by atoms with Crippen molar-refractivity contribution in [3.05, 3.63) is 44.0 Å². The maximum atomic E-state index is 11.1. The Morgan fingerprint density at radius 2 is 2.19 bits per heavy atom. The van der Waals surface area contributed by atoms with Gasteiger partial charge in [-0.15, -0.1) is 0 Å². The van der Waals surface area contributed by atoms with Crippen LogP contribution in [0.15, 0.2) is 22.7 Å². The fraction of sp³-hybridized carbons (Fsp3) is 0.0833. The molecular formula is C12H9BrN6O2. The highest BCUT2D eigenvalue weighted by Gasteiger charge is 2.22. The monoisotopic (exact) mass is 348 g/mol. The molecule has 21 heavy (non-hydrogen) atoms. The van der Waals surface area contributed by atoms with Crippen LogP contribution < -0.4 is 11.1 Å². The number of benzene rings is 1. The van der Waals surface area contributed by atoms with E-state index in [0.29, 0.717) is 15.7 Å². The summed E-state index contributed by atoms with van der Waals surface area (Å²) in [5.74, 6) is -0.145. The van der Waals surface area contributed by atoms with Gasteiger partial charge in [0.25, 0.3) is 0 Å². The first-order chi connectivity index (χ1) is 9.92. The standard InChI is InChI=1S/C12H9BrN6O2/c1-6-10(19(20)21)11(18-12(15)16-6)17-9-4-8(13)3-2-7(9)5-14/h2-4H,1H3,(H3,15,16,17,18). The van der Waals surface area contributed by atoms with Crippen LogP contribution in [0, 0.1) is 28.4 Å². The van der Waals surface area contributed by atoms with Crippen LogP contribution in [0.2, 0.25) is 0 Å². The SMILES string of the molecule is Cc1nc(N)nc(Nc2cc(Br)ccc2C#N)c1[N+](=O)[O-]. The molecule has 1 aromatic carbocycles. The molecule has 0 aliphatic rings. The van der Waals surface area contributed by atoms with Crippen molar-refractivity contribution in [3.63, 3.8) is 0 Å². The van der Waals surface area contributed by atoms with Crippen molar-refractivity contribution in [3.8, 4) is 6.07 Å². The van der Waals surface area contributed by atoms with Crippen LogP contribution in [0.3, 0.4) is 0 Å². The number of rotatable bonds is 3. The number of hydrogen-bond donors (Lipinski definition) is 2. The summed E-state index contributed by atoms with van der Waals surface area (Å²) in [6, 6.07) is 6.89. The fourth-order valence-electron chi connectivity index (χ4n) is 1.74. The van der Waals surface area contributed by atoms with Gasteiger partial charge in [0.2, 0.25) is 11.8 Å². The Kier molecular flexibility index (Phi) is 4.00. The Hall–Kier alpha value is -2.73. The highest BCUT2D eigenvalue weighted by molar-refractivity contribution is 9.10. The van der Waals surface area contributed by atoms with Gasteiger partial charge in [-0.2, -0.15) is 10.2 Å². The van der Waals surface area contributed by atoms with Crippen molar-refractivity contribution < 1.29 is 4.92 Å². The zero-order valence-electron chi connectivity index (χ0n) is 10.8. The van der Waals surface area contributed by atoms with E-state index >= 15 is 0 Å². The molecule has 0 spiro atoms. The Morgan fingerprint density at radius 3 is 2.81 bits per heavy atom. The predicted molar refractivity (Wildman–Crippen MR) is 80.0 cm³/mol. The van der Waals surface area contributed by atoms with Crippen LogP contribution in [0.25, 0.3) is 0 Å². The second-order valence-corrected chi connectivity index (χ2v) is 4.96. The lowest BCUT2D eigenvalue weighted by molar-refractivity contribution is -0.385. The topological polar surface area (TPSA) is 131 Å². The zero-order chi connectivity index (χ0) is 15.6. The number of hydrogen-bond acceptors (Lipinski definition) is 7. The summed E-state index contributed by atoms with van der Waals surface area (Å²) in [7, 11) is 0. The third kappa shape index (κ3) is 3.06. The van der Waals surface area contributed by atoms with Gasteiger partial charge in [0.05, 0.1) is 16.2 Å². The molecule has 0 saturated heterocycles. The first-order valence-electron chi connectivity index (χ1n) is 5.67. The molecule has 2 rings (SSSR count). The van der Waals surface area contributed by atoms with Crippen molar-refractivity contribution in [2.75, 3.05) is 11.1 Å². The average Bonchev–Trinajstić information content (AvgIpc) is 2.37. The van der Waals surface area contributed by atoms with Crippen molar-refractivity contribution in [1.29, 1.82) is 5.26 Å². The molecule has 3 N–H and O–H groups in total. The van der Waals surface area contributed by atoms with E-state index in [1.165, 1.54) is 6.92 Å². The highest BCUT2D eigenvalue weighted by atomic mass is 79.9. The summed E-state index contributed by atoms with van der Waals surface area (Å²) in [6.07, 6.45) is 0. The number of nitrogens with one attached hydrogen (secondary N) is 1. The maximum absolute atomic E-state index is 11.1. The Morgan fingerprint density at radius 1 is 1.48 bits per heavy atom. The number of halogens is 1. The second kappa shape index (κ2) is 5.72. The van der Waals surface area contributed by atoms with E-state index in [9.17, 15) is 10.1 Å². The van der Waals surface area contributed by atoms with Crippen LogP contribution in [-0.4, -0.2) is 14.9 Å². The van der Waals surface area contributed by atoms with Crippen molar-refractivity contribution in [2.24, 2.45) is 0 Å². The molecule has 0 bridgehead atoms. The number of nitrogens with two attached hydrogens (primary N) is 1. The Bertz CT molecular complexity index is 771. The third-order valence-electron chi connectivity index (χ3n) is 2.61. The molecule has 0 amide bonds. The van der Waals surface area contributed by atoms with E-state index in [1.807, 2.05) is 6.07 Å². The smallest absolute Gasteiger partial charge is 0.332 e. The van der Waals surface area contributed by atoms with Gasteiger partial charge in [0.15, 0.2) is 0 Å². The summed E-state index contributed by atoms with van der Waals surface area (Å²) in [5.41, 5.74) is 6.08. The van der Waals surface area contributed by atoms with Crippen LogP contribution >= 0.6 is 15.9 Å². The van der Waals surface area contributed by atoms with Gasteiger partial charge in [-0.25, -0.2) is 4.98 Å². The van der Waals surface area contributed by atoms with Gasteiger partial charge in [-0.1, -0.05) is 15.9 Å². The molecule has 0 aliphatic heterocycles. The predicted octanol–water partition coefficient (Wildman–Crippen LogP) is 2.65. The van der Waals surface area contributed by atoms with E-state index in [2.05, 4.69) is 31.2 Å². The molecule has 0 saturated carbocycles. The van der Waals surface area contributed by atoms with Crippen LogP contribution in [0.5, 0.6) is 0 Å². The van der Waals surface area contributed by atoms with E-state index in [1.54, 1.807) is 18.2 Å². The molecule has 106 valence electrons. The van der Waals surface area contributed by atoms with E-state index in [4.69, 9.17) is 11.0 Å². The fourth-order valence-corrected chi connectivity index (χ4v) is 2.10. The van der Waals surface area contributed by atoms with Crippen LogP contribution in [0.1, 0.15) is 11.3 Å². The lowest BCUT2D eigenvalue weighted by atomic mass is 10.2. The van der Waals surface area contributed by atoms with Gasteiger partial charge >= 0.3 is 5.69 Å². The zero-order valence-corrected chi connectivity index (χ0v) is 12.4. The molecule has 0 fully saturated rings. The molecule has 1 aromatic heterocycles. The van der Waals surface area contributed by atoms with Crippen LogP contribution in [-0.2, 0) is 0 Å². The van der Waals surface area contributed by atoms with Crippen molar-refractivity contribution in [1.82, 2.24) is 9.97 Å². The number of aromatic nitrogens is 2. The molecular weight excluding hydrogens is 340 g/mol. The Labute approximate surface area is 127 Å². The molecule has 1 heterocycles. The molecule has 0 unspecified atom stereocenters. The number of nitriles is 1. The molecule has 0 radical (unpaired) electrons. The highest BCUT2D eigenvalue weighted by Crippen LogP contribution is 2.31. The van der Waals surface area contributed by atoms with E-state index < -0.39 is 4.92 Å². The minimum atomic E-state index is -0.596. The quantitative estimate of drug-likeness (QED) is 0.643. The van der Waals surface area contributed by atoms with Crippen molar-refractivity contribution >= 4 is 39.1 Å². The van der Waals surface area contributed by atoms with Crippen molar-refractivity contribution in [2.45, 2.75) is 6.92 Å². The number of nitro groups is 1. The van der Waals surface area contributed by atoms with Gasteiger partial charge in [-0.3, -0.25) is 10.1 Å². The normalized spacial score (nSPS) is 9.95. The Balaban J connectivity index is 2.57. The summed E-state index contributed by atoms with van der Waals surface area (Å²) < 4.78 is 0.713. The molecule has 0 aliphatic carbocycles. The summed E-state index contributed by atoms with van der Waals surface area (Å²) >= 11 is 3.27. The number of nitrogens with zero attached hydrogens (tertiary/aromatic N) is 4. The van der Waals surface area contributed by atoms with E-state index in [-0.39, 0.29) is 23.1 Å². The number of nitrogen functional groups attached to an aromatic ring is 1. The van der Waals surface area contributed by atoms with Gasteiger partial charge in [-0.05, 0) is 25.1 Å². The van der Waals surface area contributed by atoms with Gasteiger partial charge in [0.1, 0.15) is 11.8 Å². The van der Waals surface area contributed by atoms with Gasteiger partial charge in [0, 0.05) is 4.47 Å².